The lowest BCUT2D eigenvalue weighted by molar-refractivity contribution is -0.0497. The Morgan fingerprint density at radius 2 is 1.73 bits per heavy atom. The van der Waals surface area contributed by atoms with Crippen molar-refractivity contribution >= 4 is 23.2 Å². The Kier molecular flexibility index (Phi) is 5.02. The molecule has 22 heavy (non-hydrogen) atoms. The van der Waals surface area contributed by atoms with E-state index in [-0.39, 0.29) is 5.69 Å². The Morgan fingerprint density at radius 1 is 1.05 bits per heavy atom. The van der Waals surface area contributed by atoms with Gasteiger partial charge in [0, 0.05) is 5.56 Å². The van der Waals surface area contributed by atoms with Crippen molar-refractivity contribution in [3.05, 3.63) is 40.0 Å². The normalized spacial score (nSPS) is 11.3. The van der Waals surface area contributed by atoms with Gasteiger partial charge in [0.15, 0.2) is 0 Å². The van der Waals surface area contributed by atoms with Crippen molar-refractivity contribution < 1.29 is 26.7 Å². The number of hydrogen-bond acceptors (Lipinski definition) is 3. The molecule has 0 saturated heterocycles. The Bertz CT molecular complexity index is 699. The highest BCUT2D eigenvalue weighted by atomic mass is 35.5. The molecule has 1 aromatic carbocycles. The Balaban J connectivity index is 2.60. The molecule has 0 radical (unpaired) electrons. The molecule has 0 fully saturated rings. The van der Waals surface area contributed by atoms with Gasteiger partial charge < -0.3 is 4.74 Å². The molecule has 1 heterocycles. The Morgan fingerprint density at radius 3 is 2.32 bits per heavy atom. The third-order valence-electron chi connectivity index (χ3n) is 2.52. The third kappa shape index (κ3) is 3.38. The van der Waals surface area contributed by atoms with Crippen LogP contribution in [0.5, 0.6) is 5.75 Å². The molecule has 0 aliphatic rings. The lowest BCUT2D eigenvalue weighted by Crippen LogP contribution is -2.04. The summed E-state index contributed by atoms with van der Waals surface area (Å²) in [7, 11) is 0. The summed E-state index contributed by atoms with van der Waals surface area (Å²) in [5.41, 5.74) is -1.62. The molecule has 0 aliphatic carbocycles. The first-order valence-corrected chi connectivity index (χ1v) is 6.29. The van der Waals surface area contributed by atoms with E-state index in [2.05, 4.69) is 14.7 Å². The van der Waals surface area contributed by atoms with Crippen LogP contribution in [0.4, 0.5) is 22.0 Å². The van der Waals surface area contributed by atoms with Gasteiger partial charge in [0.2, 0.25) is 0 Å². The van der Waals surface area contributed by atoms with Crippen molar-refractivity contribution in [2.45, 2.75) is 13.0 Å². The molecule has 0 aliphatic heterocycles. The summed E-state index contributed by atoms with van der Waals surface area (Å²) in [6.07, 6.45) is -2.26. The number of alkyl halides is 4. The third-order valence-corrected chi connectivity index (χ3v) is 3.18. The van der Waals surface area contributed by atoms with E-state index in [0.29, 0.717) is 6.07 Å². The second-order valence-corrected chi connectivity index (χ2v) is 4.65. The first-order chi connectivity index (χ1) is 10.3. The van der Waals surface area contributed by atoms with Crippen LogP contribution in [0.1, 0.15) is 12.1 Å². The van der Waals surface area contributed by atoms with Gasteiger partial charge in [0.1, 0.15) is 23.6 Å². The lowest BCUT2D eigenvalue weighted by atomic mass is 10.1. The average Bonchev–Trinajstić information content (AvgIpc) is 2.42. The van der Waals surface area contributed by atoms with Gasteiger partial charge in [-0.3, -0.25) is 0 Å². The highest BCUT2D eigenvalue weighted by Gasteiger charge is 2.22. The first-order valence-electron chi connectivity index (χ1n) is 5.54. The average molecular weight is 359 g/mol. The molecule has 118 valence electrons. The smallest absolute Gasteiger partial charge is 0.387 e. The minimum atomic E-state index is -3.20. The van der Waals surface area contributed by atoms with Crippen molar-refractivity contribution in [3.8, 4) is 17.0 Å². The van der Waals surface area contributed by atoms with Crippen molar-refractivity contribution in [2.24, 2.45) is 0 Å². The quantitative estimate of drug-likeness (QED) is 0.710. The van der Waals surface area contributed by atoms with E-state index in [9.17, 15) is 22.0 Å². The highest BCUT2D eigenvalue weighted by molar-refractivity contribution is 6.34. The van der Waals surface area contributed by atoms with Crippen LogP contribution in [-0.2, 0) is 0 Å². The molecule has 0 spiro atoms. The summed E-state index contributed by atoms with van der Waals surface area (Å²) in [6.45, 7) is -3.20. The summed E-state index contributed by atoms with van der Waals surface area (Å²) in [6, 6.07) is 1.49. The number of ether oxygens (including phenoxy) is 1. The van der Waals surface area contributed by atoms with Crippen molar-refractivity contribution in [1.29, 1.82) is 0 Å². The summed E-state index contributed by atoms with van der Waals surface area (Å²) in [5, 5.41) is -1.01. The SMILES string of the molecule is Fc1cc(Cl)c(OC(F)F)cc1-c1ncnc(C(F)F)c1Cl. The number of benzene rings is 1. The van der Waals surface area contributed by atoms with Gasteiger partial charge in [-0.1, -0.05) is 23.2 Å². The van der Waals surface area contributed by atoms with Gasteiger partial charge in [-0.25, -0.2) is 23.1 Å². The molecule has 2 rings (SSSR count). The zero-order valence-electron chi connectivity index (χ0n) is 10.3. The van der Waals surface area contributed by atoms with Gasteiger partial charge >= 0.3 is 6.61 Å². The predicted molar refractivity (Wildman–Crippen MR) is 69.0 cm³/mol. The van der Waals surface area contributed by atoms with E-state index in [4.69, 9.17) is 23.2 Å². The van der Waals surface area contributed by atoms with Crippen LogP contribution in [0.25, 0.3) is 11.3 Å². The largest absolute Gasteiger partial charge is 0.433 e. The number of nitrogens with zero attached hydrogens (tertiary/aromatic N) is 2. The summed E-state index contributed by atoms with van der Waals surface area (Å²) >= 11 is 11.3. The Labute approximate surface area is 130 Å². The molecule has 0 unspecified atom stereocenters. The second kappa shape index (κ2) is 6.62. The van der Waals surface area contributed by atoms with Crippen molar-refractivity contribution in [3.63, 3.8) is 0 Å². The number of halogens is 7. The summed E-state index contributed by atoms with van der Waals surface area (Å²) in [5.74, 6) is -1.53. The fourth-order valence-electron chi connectivity index (χ4n) is 1.62. The molecule has 0 saturated carbocycles. The Hall–Kier alpha value is -1.67. The van der Waals surface area contributed by atoms with Gasteiger partial charge in [-0.05, 0) is 12.1 Å². The fourth-order valence-corrected chi connectivity index (χ4v) is 2.10. The molecule has 2 aromatic rings. The van der Waals surface area contributed by atoms with Gasteiger partial charge in [0.05, 0.1) is 15.7 Å². The highest BCUT2D eigenvalue weighted by Crippen LogP contribution is 2.38. The van der Waals surface area contributed by atoms with Crippen LogP contribution in [0, 0.1) is 5.82 Å². The van der Waals surface area contributed by atoms with Gasteiger partial charge in [0.25, 0.3) is 6.43 Å². The van der Waals surface area contributed by atoms with E-state index in [1.54, 1.807) is 0 Å². The fraction of sp³-hybridized carbons (Fsp3) is 0.167. The van der Waals surface area contributed by atoms with E-state index in [0.717, 1.165) is 12.4 Å². The number of aromatic nitrogens is 2. The molecular formula is C12H5Cl2F5N2O. The van der Waals surface area contributed by atoms with Crippen LogP contribution in [-0.4, -0.2) is 16.6 Å². The van der Waals surface area contributed by atoms with E-state index in [1.165, 1.54) is 0 Å². The zero-order valence-corrected chi connectivity index (χ0v) is 11.8. The lowest BCUT2D eigenvalue weighted by Gasteiger charge is -2.12. The molecule has 0 atom stereocenters. The number of hydrogen-bond donors (Lipinski definition) is 0. The van der Waals surface area contributed by atoms with Crippen LogP contribution >= 0.6 is 23.2 Å². The maximum Gasteiger partial charge on any atom is 0.387 e. The summed E-state index contributed by atoms with van der Waals surface area (Å²) in [4.78, 5) is 6.89. The van der Waals surface area contributed by atoms with E-state index in [1.807, 2.05) is 0 Å². The topological polar surface area (TPSA) is 35.0 Å². The van der Waals surface area contributed by atoms with Crippen molar-refractivity contribution in [2.75, 3.05) is 0 Å². The minimum absolute atomic E-state index is 0.389. The molecule has 10 heteroatoms. The number of rotatable bonds is 4. The monoisotopic (exact) mass is 358 g/mol. The molecule has 0 bridgehead atoms. The van der Waals surface area contributed by atoms with E-state index < -0.39 is 45.9 Å². The molecule has 1 aromatic heterocycles. The molecule has 0 amide bonds. The molecule has 0 N–H and O–H groups in total. The van der Waals surface area contributed by atoms with Crippen LogP contribution in [0.3, 0.4) is 0 Å². The maximum absolute atomic E-state index is 13.9. The standard InChI is InChI=1S/C12H5Cl2F5N2O/c13-5-2-6(15)4(1-7(5)22-12(18)19)9-8(14)10(11(16)17)21-3-20-9/h1-3,11-12H. The van der Waals surface area contributed by atoms with E-state index >= 15 is 0 Å². The maximum atomic E-state index is 13.9. The van der Waals surface area contributed by atoms with Crippen molar-refractivity contribution in [1.82, 2.24) is 9.97 Å². The van der Waals surface area contributed by atoms with Gasteiger partial charge in [-0.15, -0.1) is 0 Å². The first kappa shape index (κ1) is 16.7. The van der Waals surface area contributed by atoms with Crippen LogP contribution < -0.4 is 4.74 Å². The predicted octanol–water partition coefficient (Wildman–Crippen LogP) is 5.13. The summed E-state index contributed by atoms with van der Waals surface area (Å²) < 4.78 is 68.0. The van der Waals surface area contributed by atoms with Crippen LogP contribution in [0.2, 0.25) is 10.0 Å². The van der Waals surface area contributed by atoms with Gasteiger partial charge in [-0.2, -0.15) is 8.78 Å². The molecular weight excluding hydrogens is 354 g/mol. The second-order valence-electron chi connectivity index (χ2n) is 3.86. The van der Waals surface area contributed by atoms with Crippen LogP contribution in [0.15, 0.2) is 18.5 Å². The zero-order chi connectivity index (χ0) is 16.4. The molecule has 3 nitrogen and oxygen atoms in total. The minimum Gasteiger partial charge on any atom is -0.433 e.